The van der Waals surface area contributed by atoms with Crippen molar-refractivity contribution in [3.8, 4) is 34.8 Å². The van der Waals surface area contributed by atoms with E-state index < -0.39 is 66.0 Å². The lowest BCUT2D eigenvalue weighted by Crippen LogP contribution is -2.70. The van der Waals surface area contributed by atoms with Crippen LogP contribution in [-0.2, 0) is 25.5 Å². The van der Waals surface area contributed by atoms with Gasteiger partial charge in [-0.05, 0) is 43.0 Å². The Morgan fingerprint density at radius 1 is 1.14 bits per heavy atom. The molecule has 5 heterocycles. The van der Waals surface area contributed by atoms with Gasteiger partial charge in [0.1, 0.15) is 24.4 Å². The van der Waals surface area contributed by atoms with Crippen molar-refractivity contribution < 1.29 is 47.6 Å². The predicted octanol–water partition coefficient (Wildman–Crippen LogP) is 4.94. The molecule has 4 bridgehead atoms. The molecule has 0 saturated carbocycles. The van der Waals surface area contributed by atoms with Gasteiger partial charge in [0.2, 0.25) is 6.79 Å². The molecule has 2 saturated heterocycles. The number of esters is 2. The molecule has 15 heteroatoms. The highest BCUT2D eigenvalue weighted by Crippen LogP contribution is 2.64. The van der Waals surface area contributed by atoms with Gasteiger partial charge < -0.3 is 34.1 Å². The van der Waals surface area contributed by atoms with E-state index in [4.69, 9.17) is 23.7 Å². The summed E-state index contributed by atoms with van der Waals surface area (Å²) in [5, 5.41) is 25.1. The minimum atomic E-state index is -1.33. The van der Waals surface area contributed by atoms with Crippen LogP contribution in [0.5, 0.6) is 28.7 Å². The van der Waals surface area contributed by atoms with Gasteiger partial charge in [0.05, 0.1) is 30.5 Å². The summed E-state index contributed by atoms with van der Waals surface area (Å²) in [5.41, 5.74) is 4.57. The highest BCUT2D eigenvalue weighted by molar-refractivity contribution is 7.99. The van der Waals surface area contributed by atoms with Crippen molar-refractivity contribution in [2.24, 2.45) is 0 Å². The summed E-state index contributed by atoms with van der Waals surface area (Å²) in [6.45, 7) is 6.29. The number of thioether (sulfide) groups is 1. The first-order valence-electron chi connectivity index (χ1n) is 18.6. The molecular weight excluding hydrogens is 756 g/mol. The Balaban J connectivity index is 1.36. The van der Waals surface area contributed by atoms with Gasteiger partial charge in [-0.25, -0.2) is 14.0 Å². The number of methoxy groups -OCH3 is 1. The summed E-state index contributed by atoms with van der Waals surface area (Å²) in [4.78, 5) is 43.9. The number of hydrogen-bond donors (Lipinski definition) is 2. The quantitative estimate of drug-likeness (QED) is 0.137. The average Bonchev–Trinajstić information content (AvgIpc) is 3.70. The summed E-state index contributed by atoms with van der Waals surface area (Å²) < 4.78 is 43.6. The lowest BCUT2D eigenvalue weighted by molar-refractivity contribution is -0.153. The maximum atomic E-state index is 13.7. The molecule has 5 aliphatic rings. The summed E-state index contributed by atoms with van der Waals surface area (Å²) in [5.74, 6) is -1.13. The number of rotatable bonds is 8. The Morgan fingerprint density at radius 2 is 1.91 bits per heavy atom. The zero-order valence-electron chi connectivity index (χ0n) is 31.5. The van der Waals surface area contributed by atoms with Crippen molar-refractivity contribution in [3.05, 3.63) is 94.1 Å². The number of aromatic hydroxyl groups is 1. The number of carbonyl (C=O) groups excluding carboxylic acids is 3. The normalized spacial score (nSPS) is 26.0. The van der Waals surface area contributed by atoms with Crippen LogP contribution >= 0.6 is 11.8 Å². The fraction of sp³-hybridized carbons (Fsp3) is 0.381. The largest absolute Gasteiger partial charge is 0.507 e. The minimum Gasteiger partial charge on any atom is -0.507 e. The van der Waals surface area contributed by atoms with Gasteiger partial charge in [-0.15, -0.1) is 18.3 Å². The number of phenolic OH excluding ortho intramolecular Hbond substituents is 1. The van der Waals surface area contributed by atoms with Crippen LogP contribution in [-0.4, -0.2) is 96.4 Å². The van der Waals surface area contributed by atoms with Gasteiger partial charge in [-0.3, -0.25) is 14.6 Å². The first kappa shape index (κ1) is 38.3. The molecule has 3 unspecified atom stereocenters. The third-order valence-electron chi connectivity index (χ3n) is 11.5. The Labute approximate surface area is 332 Å². The number of aryl methyl sites for hydroxylation is 1. The van der Waals surface area contributed by atoms with Gasteiger partial charge in [0, 0.05) is 52.7 Å². The SMILES string of the molecule is C=CCN1C2c3c(cc(C)c(OC)c3OC(=O)/C=C/c3ccccc3)CC1[C@H](C#N)N1[C@H]2[C@@H]2SCC(NC(=O)CF)C(=O)OC[C@H]1c1c3c(c(C)c(O)c12)OCO3. The van der Waals surface area contributed by atoms with Crippen LogP contribution in [0, 0.1) is 25.2 Å². The lowest BCUT2D eigenvalue weighted by atomic mass is 9.71. The molecule has 0 aliphatic carbocycles. The van der Waals surface area contributed by atoms with Gasteiger partial charge in [0.25, 0.3) is 5.91 Å². The number of benzene rings is 3. The first-order valence-corrected chi connectivity index (χ1v) is 19.6. The van der Waals surface area contributed by atoms with E-state index in [2.05, 4.69) is 27.8 Å². The Bertz CT molecular complexity index is 2230. The standard InChI is InChI=1S/C42H41FN4O9S/c1-5-13-46-26-15-24-14-21(2)37(52-4)40(56-30(49)12-11-23-9-7-6-8-10-23)31(24)34(46)35-41-33-32(39-38(54-20-55-39)22(3)36(33)50)28(47(35)27(26)17-44)18-53-42(51)25(19-57-41)45-29(48)16-43/h5-12,14,25-28,34-35,41,50H,1,13,15-16,18-20H2,2-4H3,(H,45,48)/b12-11+/t25?,26?,27-,28-,34?,35+,41+/m0/s1. The third-order valence-corrected chi connectivity index (χ3v) is 12.9. The van der Waals surface area contributed by atoms with Gasteiger partial charge in [-0.2, -0.15) is 5.26 Å². The number of nitriles is 1. The van der Waals surface area contributed by atoms with Gasteiger partial charge >= 0.3 is 11.9 Å². The smallest absolute Gasteiger partial charge is 0.336 e. The summed E-state index contributed by atoms with van der Waals surface area (Å²) >= 11 is 1.26. The highest BCUT2D eigenvalue weighted by Gasteiger charge is 2.61. The number of phenols is 1. The second-order valence-electron chi connectivity index (χ2n) is 14.5. The maximum Gasteiger partial charge on any atom is 0.336 e. The number of amides is 1. The van der Waals surface area contributed by atoms with E-state index >= 15 is 0 Å². The van der Waals surface area contributed by atoms with Crippen molar-refractivity contribution in [2.45, 2.75) is 61.8 Å². The van der Waals surface area contributed by atoms with E-state index in [0.29, 0.717) is 52.5 Å². The number of cyclic esters (lactones) is 1. The topological polar surface area (TPSA) is 160 Å². The number of fused-ring (bicyclic) bond motifs is 9. The molecule has 2 fully saturated rings. The number of piperazine rings is 1. The van der Waals surface area contributed by atoms with E-state index in [-0.39, 0.29) is 30.7 Å². The molecule has 5 aliphatic heterocycles. The molecule has 0 spiro atoms. The predicted molar refractivity (Wildman–Crippen MR) is 207 cm³/mol. The van der Waals surface area contributed by atoms with E-state index in [9.17, 15) is 29.1 Å². The van der Waals surface area contributed by atoms with Gasteiger partial charge in [-0.1, -0.05) is 42.5 Å². The number of nitrogens with one attached hydrogen (secondary N) is 1. The van der Waals surface area contributed by atoms with Crippen LogP contribution in [0.1, 0.15) is 56.3 Å². The Hall–Kier alpha value is -5.56. The third kappa shape index (κ3) is 6.36. The van der Waals surface area contributed by atoms with Crippen LogP contribution < -0.4 is 24.3 Å². The monoisotopic (exact) mass is 796 g/mol. The Kier molecular flexibility index (Phi) is 10.4. The number of carbonyl (C=O) groups is 3. The number of ether oxygens (including phenoxy) is 5. The van der Waals surface area contributed by atoms with Crippen LogP contribution in [0.25, 0.3) is 6.08 Å². The van der Waals surface area contributed by atoms with Crippen LogP contribution in [0.3, 0.4) is 0 Å². The molecule has 0 aromatic heterocycles. The molecule has 2 N–H and O–H groups in total. The fourth-order valence-electron chi connectivity index (χ4n) is 9.23. The van der Waals surface area contributed by atoms with Crippen LogP contribution in [0.15, 0.2) is 55.1 Å². The number of nitrogens with zero attached hydrogens (tertiary/aromatic N) is 3. The first-order chi connectivity index (χ1) is 27.6. The van der Waals surface area contributed by atoms with Crippen LogP contribution in [0.2, 0.25) is 0 Å². The lowest BCUT2D eigenvalue weighted by Gasteiger charge is -2.62. The molecule has 296 valence electrons. The van der Waals surface area contributed by atoms with Crippen LogP contribution in [0.4, 0.5) is 4.39 Å². The zero-order valence-corrected chi connectivity index (χ0v) is 32.3. The number of halogens is 1. The molecular formula is C42H41FN4O9S. The summed E-state index contributed by atoms with van der Waals surface area (Å²) in [7, 11) is 1.51. The van der Waals surface area contributed by atoms with Crippen molar-refractivity contribution in [1.82, 2.24) is 15.1 Å². The molecule has 1 amide bonds. The van der Waals surface area contributed by atoms with Crippen molar-refractivity contribution in [3.63, 3.8) is 0 Å². The molecule has 13 nitrogen and oxygen atoms in total. The highest BCUT2D eigenvalue weighted by atomic mass is 32.2. The van der Waals surface area contributed by atoms with Crippen molar-refractivity contribution >= 4 is 35.7 Å². The molecule has 8 rings (SSSR count). The molecule has 0 radical (unpaired) electrons. The van der Waals surface area contributed by atoms with E-state index in [1.54, 1.807) is 19.1 Å². The average molecular weight is 797 g/mol. The molecule has 3 aromatic rings. The van der Waals surface area contributed by atoms with Crippen molar-refractivity contribution in [1.29, 1.82) is 5.26 Å². The van der Waals surface area contributed by atoms with Crippen molar-refractivity contribution in [2.75, 3.05) is 39.5 Å². The second kappa shape index (κ2) is 15.4. The van der Waals surface area contributed by atoms with E-state index in [1.807, 2.05) is 43.3 Å². The second-order valence-corrected chi connectivity index (χ2v) is 15.7. The molecule has 7 atom stereocenters. The maximum absolute atomic E-state index is 13.7. The number of alkyl halides is 1. The van der Waals surface area contributed by atoms with E-state index in [0.717, 1.165) is 16.7 Å². The molecule has 57 heavy (non-hydrogen) atoms. The number of hydrogen-bond acceptors (Lipinski definition) is 13. The Morgan fingerprint density at radius 3 is 2.63 bits per heavy atom. The summed E-state index contributed by atoms with van der Waals surface area (Å²) in [6.07, 6.45) is 5.18. The fourth-order valence-corrected chi connectivity index (χ4v) is 10.7. The zero-order chi connectivity index (χ0) is 40.1. The molecule has 3 aromatic carbocycles. The van der Waals surface area contributed by atoms with E-state index in [1.165, 1.54) is 24.9 Å². The summed E-state index contributed by atoms with van der Waals surface area (Å²) in [6, 6.07) is 9.39. The van der Waals surface area contributed by atoms with Gasteiger partial charge in [0.15, 0.2) is 29.7 Å². The minimum absolute atomic E-state index is 0.0474.